The number of pyridine rings is 2. The van der Waals surface area contributed by atoms with Crippen molar-refractivity contribution in [2.45, 2.75) is 13.3 Å². The van der Waals surface area contributed by atoms with Crippen LogP contribution in [0.3, 0.4) is 0 Å². The number of rotatable bonds is 4. The summed E-state index contributed by atoms with van der Waals surface area (Å²) >= 11 is 0. The minimum absolute atomic E-state index is 0.135. The number of nitrogens with zero attached hydrogens (tertiary/aromatic N) is 4. The molecule has 120 valence electrons. The number of nitrogens with two attached hydrogens (primary N) is 1. The molecule has 0 fully saturated rings. The van der Waals surface area contributed by atoms with Crippen LogP contribution < -0.4 is 10.5 Å². The van der Waals surface area contributed by atoms with Gasteiger partial charge in [0.15, 0.2) is 5.76 Å². The summed E-state index contributed by atoms with van der Waals surface area (Å²) in [5, 5.41) is 13.4. The van der Waals surface area contributed by atoms with Gasteiger partial charge in [-0.2, -0.15) is 5.26 Å². The van der Waals surface area contributed by atoms with Crippen LogP contribution in [0.25, 0.3) is 22.6 Å². The summed E-state index contributed by atoms with van der Waals surface area (Å²) in [7, 11) is 1.55. The molecule has 3 aromatic rings. The molecule has 0 saturated heterocycles. The molecule has 3 heterocycles. The van der Waals surface area contributed by atoms with Crippen LogP contribution in [0.2, 0.25) is 0 Å². The van der Waals surface area contributed by atoms with E-state index in [0.29, 0.717) is 22.9 Å². The first-order valence-electron chi connectivity index (χ1n) is 7.33. The van der Waals surface area contributed by atoms with E-state index in [1.165, 1.54) is 0 Å². The average Bonchev–Trinajstić information content (AvgIpc) is 3.10. The Kier molecular flexibility index (Phi) is 4.12. The number of hydrogen-bond acceptors (Lipinski definition) is 7. The third-order valence-electron chi connectivity index (χ3n) is 3.59. The van der Waals surface area contributed by atoms with Gasteiger partial charge in [0, 0.05) is 29.5 Å². The summed E-state index contributed by atoms with van der Waals surface area (Å²) in [5.41, 5.74) is 8.93. The first-order valence-corrected chi connectivity index (χ1v) is 7.33. The van der Waals surface area contributed by atoms with Crippen molar-refractivity contribution in [1.82, 2.24) is 15.1 Å². The molecule has 0 amide bonds. The lowest BCUT2D eigenvalue weighted by atomic mass is 10.0. The van der Waals surface area contributed by atoms with E-state index in [2.05, 4.69) is 21.2 Å². The van der Waals surface area contributed by atoms with Gasteiger partial charge in [-0.05, 0) is 18.6 Å². The molecule has 3 aromatic heterocycles. The van der Waals surface area contributed by atoms with Crippen LogP contribution in [0.15, 0.2) is 35.0 Å². The van der Waals surface area contributed by atoms with Gasteiger partial charge in [-0.1, -0.05) is 12.1 Å². The summed E-state index contributed by atoms with van der Waals surface area (Å²) in [4.78, 5) is 8.46. The van der Waals surface area contributed by atoms with Crippen molar-refractivity contribution in [2.24, 2.45) is 0 Å². The van der Waals surface area contributed by atoms with Gasteiger partial charge >= 0.3 is 0 Å². The fourth-order valence-corrected chi connectivity index (χ4v) is 2.28. The summed E-state index contributed by atoms with van der Waals surface area (Å²) < 4.78 is 10.4. The van der Waals surface area contributed by atoms with Crippen molar-refractivity contribution in [3.05, 3.63) is 41.7 Å². The molecule has 0 spiro atoms. The van der Waals surface area contributed by atoms with Gasteiger partial charge in [0.1, 0.15) is 17.5 Å². The predicted octanol–water partition coefficient (Wildman–Crippen LogP) is 2.82. The SMILES string of the molecule is CCc1cc(-c2cc(-c3ccc(OC)nc3)nc(N)c2C#N)on1. The standard InChI is InChI=1S/C17H15N5O2/c1-3-11-6-15(24-22-11)12-7-14(21-17(19)13(12)8-18)10-4-5-16(23-2)20-9-10/h4-7,9H,3H2,1-2H3,(H2,19,21). The van der Waals surface area contributed by atoms with Crippen LogP contribution >= 0.6 is 0 Å². The molecular formula is C17H15N5O2. The Bertz CT molecular complexity index is 910. The molecule has 0 bridgehead atoms. The number of anilines is 1. The number of nitriles is 1. The smallest absolute Gasteiger partial charge is 0.212 e. The Balaban J connectivity index is 2.13. The van der Waals surface area contributed by atoms with E-state index in [-0.39, 0.29) is 11.4 Å². The number of aromatic nitrogens is 3. The third kappa shape index (κ3) is 2.77. The second kappa shape index (κ2) is 6.38. The van der Waals surface area contributed by atoms with Gasteiger partial charge in [0.05, 0.1) is 18.5 Å². The van der Waals surface area contributed by atoms with Gasteiger partial charge in [-0.3, -0.25) is 0 Å². The minimum atomic E-state index is 0.135. The van der Waals surface area contributed by atoms with E-state index in [1.807, 2.05) is 13.0 Å². The Labute approximate surface area is 138 Å². The predicted molar refractivity (Wildman–Crippen MR) is 88.0 cm³/mol. The van der Waals surface area contributed by atoms with E-state index in [4.69, 9.17) is 15.0 Å². The normalized spacial score (nSPS) is 10.4. The zero-order valence-corrected chi connectivity index (χ0v) is 13.3. The summed E-state index contributed by atoms with van der Waals surface area (Å²) in [5.74, 6) is 1.12. The summed E-state index contributed by atoms with van der Waals surface area (Å²) in [6, 6.07) is 9.17. The number of ether oxygens (including phenoxy) is 1. The average molecular weight is 321 g/mol. The maximum Gasteiger partial charge on any atom is 0.212 e. The van der Waals surface area contributed by atoms with Crippen molar-refractivity contribution < 1.29 is 9.26 Å². The van der Waals surface area contributed by atoms with Crippen LogP contribution in [-0.2, 0) is 6.42 Å². The number of nitrogen functional groups attached to an aromatic ring is 1. The molecule has 0 aliphatic carbocycles. The number of methoxy groups -OCH3 is 1. The minimum Gasteiger partial charge on any atom is -0.481 e. The fraction of sp³-hybridized carbons (Fsp3) is 0.176. The lowest BCUT2D eigenvalue weighted by molar-refractivity contribution is 0.398. The highest BCUT2D eigenvalue weighted by atomic mass is 16.5. The van der Waals surface area contributed by atoms with Crippen LogP contribution in [0.4, 0.5) is 5.82 Å². The molecule has 0 aliphatic rings. The molecular weight excluding hydrogens is 306 g/mol. The Morgan fingerprint density at radius 2 is 2.17 bits per heavy atom. The monoisotopic (exact) mass is 321 g/mol. The highest BCUT2D eigenvalue weighted by molar-refractivity contribution is 5.77. The fourth-order valence-electron chi connectivity index (χ4n) is 2.28. The summed E-state index contributed by atoms with van der Waals surface area (Å²) in [6.07, 6.45) is 2.37. The molecule has 24 heavy (non-hydrogen) atoms. The van der Waals surface area contributed by atoms with E-state index in [0.717, 1.165) is 17.7 Å². The van der Waals surface area contributed by atoms with Crippen molar-refractivity contribution in [3.63, 3.8) is 0 Å². The highest BCUT2D eigenvalue weighted by Crippen LogP contribution is 2.31. The molecule has 2 N–H and O–H groups in total. The molecule has 7 heteroatoms. The van der Waals surface area contributed by atoms with E-state index < -0.39 is 0 Å². The molecule has 3 rings (SSSR count). The Hall–Kier alpha value is -3.40. The quantitative estimate of drug-likeness (QED) is 0.786. The van der Waals surface area contributed by atoms with Crippen LogP contribution in [0.5, 0.6) is 5.88 Å². The van der Waals surface area contributed by atoms with Crippen LogP contribution in [0, 0.1) is 11.3 Å². The lowest BCUT2D eigenvalue weighted by Crippen LogP contribution is -1.99. The van der Waals surface area contributed by atoms with Crippen molar-refractivity contribution >= 4 is 5.82 Å². The van der Waals surface area contributed by atoms with Gasteiger partial charge in [0.2, 0.25) is 5.88 Å². The van der Waals surface area contributed by atoms with Crippen LogP contribution in [0.1, 0.15) is 18.2 Å². The largest absolute Gasteiger partial charge is 0.481 e. The van der Waals surface area contributed by atoms with Crippen molar-refractivity contribution in [2.75, 3.05) is 12.8 Å². The highest BCUT2D eigenvalue weighted by Gasteiger charge is 2.17. The molecule has 0 aliphatic heterocycles. The molecule has 0 saturated carbocycles. The maximum absolute atomic E-state index is 9.39. The van der Waals surface area contributed by atoms with Crippen LogP contribution in [-0.4, -0.2) is 22.2 Å². The second-order valence-corrected chi connectivity index (χ2v) is 5.05. The van der Waals surface area contributed by atoms with Crippen molar-refractivity contribution in [1.29, 1.82) is 5.26 Å². The number of hydrogen-bond donors (Lipinski definition) is 1. The molecule has 0 radical (unpaired) electrons. The Morgan fingerprint density at radius 3 is 2.75 bits per heavy atom. The zero-order chi connectivity index (χ0) is 17.1. The third-order valence-corrected chi connectivity index (χ3v) is 3.59. The summed E-state index contributed by atoms with van der Waals surface area (Å²) in [6.45, 7) is 1.97. The molecule has 0 atom stereocenters. The topological polar surface area (TPSA) is 111 Å². The van der Waals surface area contributed by atoms with Crippen molar-refractivity contribution in [3.8, 4) is 34.5 Å². The lowest BCUT2D eigenvalue weighted by Gasteiger charge is -2.08. The maximum atomic E-state index is 9.39. The molecule has 0 aromatic carbocycles. The first-order chi connectivity index (χ1) is 11.7. The van der Waals surface area contributed by atoms with E-state index >= 15 is 0 Å². The van der Waals surface area contributed by atoms with Gasteiger partial charge in [0.25, 0.3) is 0 Å². The van der Waals surface area contributed by atoms with E-state index in [1.54, 1.807) is 31.5 Å². The van der Waals surface area contributed by atoms with Gasteiger partial charge in [-0.15, -0.1) is 0 Å². The van der Waals surface area contributed by atoms with Gasteiger partial charge in [-0.25, -0.2) is 9.97 Å². The number of aryl methyl sites for hydroxylation is 1. The van der Waals surface area contributed by atoms with E-state index in [9.17, 15) is 5.26 Å². The second-order valence-electron chi connectivity index (χ2n) is 5.05. The first kappa shape index (κ1) is 15.5. The zero-order valence-electron chi connectivity index (χ0n) is 13.3. The molecule has 7 nitrogen and oxygen atoms in total. The molecule has 0 unspecified atom stereocenters. The van der Waals surface area contributed by atoms with Gasteiger partial charge < -0.3 is 15.0 Å². The Morgan fingerprint density at radius 1 is 1.33 bits per heavy atom.